The van der Waals surface area contributed by atoms with Crippen molar-refractivity contribution in [3.05, 3.63) is 96.3 Å². The number of nitrogens with one attached hydrogen (secondary N) is 3. The van der Waals surface area contributed by atoms with Gasteiger partial charge in [-0.1, -0.05) is 23.4 Å². The molecule has 0 atom stereocenters. The molecule has 3 N–H and O–H groups in total. The molecule has 4 rings (SSSR count). The van der Waals surface area contributed by atoms with Crippen LogP contribution in [0, 0.1) is 6.92 Å². The molecule has 0 saturated heterocycles. The van der Waals surface area contributed by atoms with Gasteiger partial charge in [-0.25, -0.2) is 8.42 Å². The summed E-state index contributed by atoms with van der Waals surface area (Å²) in [6, 6.07) is 23.3. The van der Waals surface area contributed by atoms with Gasteiger partial charge in [-0.15, -0.1) is 0 Å². The number of benzene rings is 3. The minimum Gasteiger partial charge on any atom is -0.490 e. The zero-order chi connectivity index (χ0) is 27.0. The predicted molar refractivity (Wildman–Crippen MR) is 146 cm³/mol. The van der Waals surface area contributed by atoms with Gasteiger partial charge in [0.05, 0.1) is 4.90 Å². The second kappa shape index (κ2) is 12.2. The Morgan fingerprint density at radius 1 is 0.921 bits per heavy atom. The van der Waals surface area contributed by atoms with Crippen LogP contribution in [-0.4, -0.2) is 37.8 Å². The van der Waals surface area contributed by atoms with Crippen LogP contribution < -0.4 is 24.8 Å². The first-order valence-corrected chi connectivity index (χ1v) is 13.3. The largest absolute Gasteiger partial charge is 0.490 e. The number of para-hydroxylation sites is 1. The molecule has 0 bridgehead atoms. The van der Waals surface area contributed by atoms with E-state index < -0.39 is 15.9 Å². The molecule has 0 aliphatic heterocycles. The van der Waals surface area contributed by atoms with E-state index in [1.807, 2.05) is 30.3 Å². The Labute approximate surface area is 225 Å². The van der Waals surface area contributed by atoms with Crippen LogP contribution in [0.5, 0.6) is 11.5 Å². The molecule has 0 fully saturated rings. The van der Waals surface area contributed by atoms with E-state index in [1.54, 1.807) is 31.2 Å². The summed E-state index contributed by atoms with van der Waals surface area (Å²) < 4.78 is 43.4. The third kappa shape index (κ3) is 7.54. The number of rotatable bonds is 10. The lowest BCUT2D eigenvalue weighted by Crippen LogP contribution is -2.34. The highest BCUT2D eigenvalue weighted by molar-refractivity contribution is 7.92. The average Bonchev–Trinajstić information content (AvgIpc) is 3.31. The van der Waals surface area contributed by atoms with Crippen molar-refractivity contribution >= 4 is 44.8 Å². The van der Waals surface area contributed by atoms with Crippen molar-refractivity contribution < 1.29 is 27.2 Å². The summed E-state index contributed by atoms with van der Waals surface area (Å²) >= 11 is 5.21. The van der Waals surface area contributed by atoms with Gasteiger partial charge in [0.15, 0.2) is 10.9 Å². The fourth-order valence-corrected chi connectivity index (χ4v) is 4.40. The van der Waals surface area contributed by atoms with Crippen LogP contribution in [0.25, 0.3) is 0 Å². The molecule has 10 nitrogen and oxygen atoms in total. The standard InChI is InChI=1S/C26H24N4O6S2/c1-18-17-24(29-36-18)30-38(32,33)23-13-9-20(10-14-23)27-26(37)28-25(31)19-7-11-22(12-8-19)35-16-15-34-21-5-3-2-4-6-21/h2-14,17H,15-16H2,1H3,(H,29,30)(H2,27,28,31,37). The highest BCUT2D eigenvalue weighted by Crippen LogP contribution is 2.18. The Bertz CT molecular complexity index is 1490. The van der Waals surface area contributed by atoms with Gasteiger partial charge in [-0.2, -0.15) is 0 Å². The molecule has 0 aliphatic carbocycles. The van der Waals surface area contributed by atoms with E-state index in [9.17, 15) is 13.2 Å². The number of amides is 1. The summed E-state index contributed by atoms with van der Waals surface area (Å²) in [4.78, 5) is 12.6. The van der Waals surface area contributed by atoms with Crippen LogP contribution in [0.2, 0.25) is 0 Å². The highest BCUT2D eigenvalue weighted by atomic mass is 32.2. The Morgan fingerprint density at radius 2 is 1.55 bits per heavy atom. The lowest BCUT2D eigenvalue weighted by molar-refractivity contribution is 0.0977. The molecule has 0 unspecified atom stereocenters. The number of hydrogen-bond acceptors (Lipinski definition) is 8. The molecule has 4 aromatic rings. The molecular formula is C26H24N4O6S2. The molecular weight excluding hydrogens is 528 g/mol. The molecule has 0 spiro atoms. The fourth-order valence-electron chi connectivity index (χ4n) is 3.20. The predicted octanol–water partition coefficient (Wildman–Crippen LogP) is 4.37. The summed E-state index contributed by atoms with van der Waals surface area (Å²) in [7, 11) is -3.84. The van der Waals surface area contributed by atoms with Crippen molar-refractivity contribution in [3.8, 4) is 11.5 Å². The maximum absolute atomic E-state index is 12.5. The number of nitrogens with zero attached hydrogens (tertiary/aromatic N) is 1. The van der Waals surface area contributed by atoms with Gasteiger partial charge in [0, 0.05) is 17.3 Å². The van der Waals surface area contributed by atoms with Gasteiger partial charge in [-0.05, 0) is 79.8 Å². The lowest BCUT2D eigenvalue weighted by atomic mass is 10.2. The molecule has 0 aliphatic rings. The van der Waals surface area contributed by atoms with Crippen molar-refractivity contribution in [2.45, 2.75) is 11.8 Å². The molecule has 196 valence electrons. The molecule has 1 aromatic heterocycles. The molecule has 0 saturated carbocycles. The van der Waals surface area contributed by atoms with Gasteiger partial charge in [0.25, 0.3) is 15.9 Å². The monoisotopic (exact) mass is 552 g/mol. The molecule has 38 heavy (non-hydrogen) atoms. The van der Waals surface area contributed by atoms with Gasteiger partial charge < -0.3 is 19.3 Å². The van der Waals surface area contributed by atoms with E-state index in [0.29, 0.717) is 36.0 Å². The number of carbonyl (C=O) groups excluding carboxylic acids is 1. The number of carbonyl (C=O) groups is 1. The first kappa shape index (κ1) is 26.6. The Morgan fingerprint density at radius 3 is 2.16 bits per heavy atom. The van der Waals surface area contributed by atoms with E-state index in [4.69, 9.17) is 26.2 Å². The van der Waals surface area contributed by atoms with E-state index >= 15 is 0 Å². The van der Waals surface area contributed by atoms with Gasteiger partial charge >= 0.3 is 0 Å². The first-order valence-electron chi connectivity index (χ1n) is 11.4. The van der Waals surface area contributed by atoms with Crippen LogP contribution in [0.3, 0.4) is 0 Å². The number of anilines is 2. The smallest absolute Gasteiger partial charge is 0.263 e. The zero-order valence-electron chi connectivity index (χ0n) is 20.2. The van der Waals surface area contributed by atoms with Crippen LogP contribution in [-0.2, 0) is 10.0 Å². The number of thiocarbonyl (C=S) groups is 1. The van der Waals surface area contributed by atoms with Crippen molar-refractivity contribution in [2.75, 3.05) is 23.3 Å². The Hall–Kier alpha value is -4.42. The number of aromatic nitrogens is 1. The van der Waals surface area contributed by atoms with Crippen molar-refractivity contribution in [1.29, 1.82) is 0 Å². The summed E-state index contributed by atoms with van der Waals surface area (Å²) in [6.45, 7) is 2.39. The van der Waals surface area contributed by atoms with E-state index in [1.165, 1.54) is 30.3 Å². The van der Waals surface area contributed by atoms with Gasteiger partial charge in [-0.3, -0.25) is 14.8 Å². The van der Waals surface area contributed by atoms with Crippen LogP contribution in [0.15, 0.2) is 94.3 Å². The van der Waals surface area contributed by atoms with Crippen molar-refractivity contribution in [1.82, 2.24) is 10.5 Å². The normalized spacial score (nSPS) is 10.9. The SMILES string of the molecule is Cc1cc(NS(=O)(=O)c2ccc(NC(=S)NC(=O)c3ccc(OCCOc4ccccc4)cc3)cc2)no1. The molecule has 0 radical (unpaired) electrons. The zero-order valence-corrected chi connectivity index (χ0v) is 21.8. The first-order chi connectivity index (χ1) is 18.3. The Balaban J connectivity index is 1.23. The fraction of sp³-hybridized carbons (Fsp3) is 0.115. The third-order valence-electron chi connectivity index (χ3n) is 5.00. The number of sulfonamides is 1. The number of aryl methyl sites for hydroxylation is 1. The second-order valence-electron chi connectivity index (χ2n) is 7.90. The van der Waals surface area contributed by atoms with Crippen LogP contribution in [0.1, 0.15) is 16.1 Å². The summed E-state index contributed by atoms with van der Waals surface area (Å²) in [5.41, 5.74) is 0.880. The van der Waals surface area contributed by atoms with E-state index in [2.05, 4.69) is 20.5 Å². The summed E-state index contributed by atoms with van der Waals surface area (Å²) in [5, 5.41) is 9.11. The molecule has 12 heteroatoms. The Kier molecular flexibility index (Phi) is 8.56. The summed E-state index contributed by atoms with van der Waals surface area (Å²) in [6.07, 6.45) is 0. The quantitative estimate of drug-likeness (QED) is 0.194. The minimum atomic E-state index is -3.84. The van der Waals surface area contributed by atoms with Gasteiger partial charge in [0.2, 0.25) is 0 Å². The van der Waals surface area contributed by atoms with Crippen LogP contribution >= 0.6 is 12.2 Å². The molecule has 1 heterocycles. The third-order valence-corrected chi connectivity index (χ3v) is 6.57. The van der Waals surface area contributed by atoms with E-state index in [0.717, 1.165) is 5.75 Å². The molecule has 1 amide bonds. The second-order valence-corrected chi connectivity index (χ2v) is 9.99. The lowest BCUT2D eigenvalue weighted by Gasteiger charge is -2.11. The van der Waals surface area contributed by atoms with Crippen molar-refractivity contribution in [2.24, 2.45) is 0 Å². The maximum atomic E-state index is 12.5. The van der Waals surface area contributed by atoms with Crippen molar-refractivity contribution in [3.63, 3.8) is 0 Å². The summed E-state index contributed by atoms with van der Waals surface area (Å²) in [5.74, 6) is 1.52. The number of hydrogen-bond donors (Lipinski definition) is 3. The minimum absolute atomic E-state index is 0.0209. The topological polar surface area (TPSA) is 132 Å². The maximum Gasteiger partial charge on any atom is 0.263 e. The highest BCUT2D eigenvalue weighted by Gasteiger charge is 2.16. The number of ether oxygens (including phenoxy) is 2. The average molecular weight is 553 g/mol. The molecule has 3 aromatic carbocycles. The van der Waals surface area contributed by atoms with Crippen LogP contribution in [0.4, 0.5) is 11.5 Å². The van der Waals surface area contributed by atoms with Gasteiger partial charge in [0.1, 0.15) is 30.5 Å². The van der Waals surface area contributed by atoms with E-state index in [-0.39, 0.29) is 15.8 Å².